The third kappa shape index (κ3) is 6.45. The number of alkyl halides is 3. The molecule has 0 aromatic rings. The van der Waals surface area contributed by atoms with Crippen LogP contribution in [0.4, 0.5) is 13.2 Å². The molecule has 0 amide bonds. The maximum atomic E-state index is 12.4. The Balaban J connectivity index is 1.55. The number of hydrogen-bond donors (Lipinski definition) is 1. The highest BCUT2D eigenvalue weighted by Crippen LogP contribution is 2.31. The molecule has 130 valence electrons. The first-order chi connectivity index (χ1) is 10.5. The van der Waals surface area contributed by atoms with E-state index in [9.17, 15) is 13.2 Å². The third-order valence-corrected chi connectivity index (χ3v) is 5.30. The average molecular weight is 320 g/mol. The molecule has 2 aliphatic rings. The number of halogens is 3. The predicted octanol–water partition coefficient (Wildman–Crippen LogP) is 4.07. The number of rotatable bonds is 7. The Labute approximate surface area is 132 Å². The Bertz CT molecular complexity index is 312. The molecule has 1 aliphatic carbocycles. The molecule has 1 heterocycles. The Morgan fingerprint density at radius 1 is 0.955 bits per heavy atom. The molecular weight excluding hydrogens is 289 g/mol. The molecule has 0 aromatic carbocycles. The standard InChI is InChI=1S/C17H31F3N2/c1-2-3-14-4-6-15(7-5-14)10-21-11-16-8-9-22(12-16)13-17(18,19)20/h14-16,21H,2-13H2,1H3/t14?,15?,16-/m0/s1. The first-order valence-electron chi connectivity index (χ1n) is 8.96. The van der Waals surface area contributed by atoms with Crippen LogP contribution in [-0.2, 0) is 0 Å². The van der Waals surface area contributed by atoms with Gasteiger partial charge in [-0.2, -0.15) is 13.2 Å². The second-order valence-electron chi connectivity index (χ2n) is 7.34. The van der Waals surface area contributed by atoms with Gasteiger partial charge < -0.3 is 5.32 Å². The molecule has 1 saturated heterocycles. The first-order valence-corrected chi connectivity index (χ1v) is 8.96. The van der Waals surface area contributed by atoms with Gasteiger partial charge in [-0.25, -0.2) is 0 Å². The molecule has 22 heavy (non-hydrogen) atoms. The van der Waals surface area contributed by atoms with Gasteiger partial charge in [-0.15, -0.1) is 0 Å². The summed E-state index contributed by atoms with van der Waals surface area (Å²) in [5.74, 6) is 2.10. The van der Waals surface area contributed by atoms with Crippen LogP contribution in [0.1, 0.15) is 51.9 Å². The van der Waals surface area contributed by atoms with Crippen molar-refractivity contribution in [2.24, 2.45) is 17.8 Å². The van der Waals surface area contributed by atoms with Crippen LogP contribution < -0.4 is 5.32 Å². The van der Waals surface area contributed by atoms with Crippen LogP contribution in [0.5, 0.6) is 0 Å². The molecule has 1 atom stereocenters. The molecule has 1 aliphatic heterocycles. The minimum atomic E-state index is -4.06. The lowest BCUT2D eigenvalue weighted by atomic mass is 9.80. The molecule has 2 fully saturated rings. The zero-order valence-electron chi connectivity index (χ0n) is 13.8. The van der Waals surface area contributed by atoms with Crippen LogP contribution in [0.3, 0.4) is 0 Å². The van der Waals surface area contributed by atoms with E-state index in [1.54, 1.807) is 4.90 Å². The average Bonchev–Trinajstić information content (AvgIpc) is 2.86. The zero-order valence-corrected chi connectivity index (χ0v) is 13.8. The third-order valence-electron chi connectivity index (χ3n) is 5.30. The summed E-state index contributed by atoms with van der Waals surface area (Å²) in [6.07, 6.45) is 4.88. The van der Waals surface area contributed by atoms with E-state index >= 15 is 0 Å². The van der Waals surface area contributed by atoms with Gasteiger partial charge in [0.1, 0.15) is 0 Å². The number of nitrogens with one attached hydrogen (secondary N) is 1. The monoisotopic (exact) mass is 320 g/mol. The lowest BCUT2D eigenvalue weighted by Gasteiger charge is -2.28. The lowest BCUT2D eigenvalue weighted by Crippen LogP contribution is -2.34. The highest BCUT2D eigenvalue weighted by molar-refractivity contribution is 4.80. The van der Waals surface area contributed by atoms with Gasteiger partial charge in [-0.3, -0.25) is 4.90 Å². The van der Waals surface area contributed by atoms with Crippen molar-refractivity contribution in [3.8, 4) is 0 Å². The molecular formula is C17H31F3N2. The predicted molar refractivity (Wildman–Crippen MR) is 83.8 cm³/mol. The van der Waals surface area contributed by atoms with E-state index < -0.39 is 12.7 Å². The van der Waals surface area contributed by atoms with Crippen LogP contribution in [0, 0.1) is 17.8 Å². The molecule has 0 unspecified atom stereocenters. The molecule has 1 saturated carbocycles. The van der Waals surface area contributed by atoms with Gasteiger partial charge in [0.05, 0.1) is 6.54 Å². The van der Waals surface area contributed by atoms with E-state index in [0.29, 0.717) is 19.0 Å². The van der Waals surface area contributed by atoms with Gasteiger partial charge in [0, 0.05) is 6.54 Å². The fourth-order valence-electron chi connectivity index (χ4n) is 4.10. The molecule has 0 aromatic heterocycles. The topological polar surface area (TPSA) is 15.3 Å². The molecule has 0 radical (unpaired) electrons. The van der Waals surface area contributed by atoms with E-state index in [0.717, 1.165) is 31.3 Å². The van der Waals surface area contributed by atoms with Crippen molar-refractivity contribution >= 4 is 0 Å². The van der Waals surface area contributed by atoms with Crippen molar-refractivity contribution in [3.63, 3.8) is 0 Å². The highest BCUT2D eigenvalue weighted by atomic mass is 19.4. The Morgan fingerprint density at radius 2 is 1.59 bits per heavy atom. The van der Waals surface area contributed by atoms with Gasteiger partial charge >= 0.3 is 6.18 Å². The summed E-state index contributed by atoms with van der Waals surface area (Å²) >= 11 is 0. The lowest BCUT2D eigenvalue weighted by molar-refractivity contribution is -0.143. The van der Waals surface area contributed by atoms with Crippen molar-refractivity contribution in [1.29, 1.82) is 0 Å². The molecule has 5 heteroatoms. The Morgan fingerprint density at radius 3 is 2.23 bits per heavy atom. The van der Waals surface area contributed by atoms with Crippen LogP contribution in [-0.4, -0.2) is 43.8 Å². The number of hydrogen-bond acceptors (Lipinski definition) is 2. The largest absolute Gasteiger partial charge is 0.401 e. The molecule has 2 nitrogen and oxygen atoms in total. The Kier molecular flexibility index (Phi) is 7.00. The minimum Gasteiger partial charge on any atom is -0.316 e. The fraction of sp³-hybridized carbons (Fsp3) is 1.00. The van der Waals surface area contributed by atoms with E-state index in [1.807, 2.05) is 0 Å². The summed E-state index contributed by atoms with van der Waals surface area (Å²) in [5, 5.41) is 3.52. The van der Waals surface area contributed by atoms with Crippen molar-refractivity contribution in [2.45, 2.75) is 58.0 Å². The van der Waals surface area contributed by atoms with Gasteiger partial charge in [0.15, 0.2) is 0 Å². The van der Waals surface area contributed by atoms with E-state index in [2.05, 4.69) is 12.2 Å². The zero-order chi connectivity index (χ0) is 16.0. The second kappa shape index (κ2) is 8.53. The highest BCUT2D eigenvalue weighted by Gasteiger charge is 2.34. The van der Waals surface area contributed by atoms with Crippen LogP contribution in [0.25, 0.3) is 0 Å². The van der Waals surface area contributed by atoms with E-state index in [-0.39, 0.29) is 0 Å². The summed E-state index contributed by atoms with van der Waals surface area (Å²) in [6.45, 7) is 4.63. The van der Waals surface area contributed by atoms with Crippen molar-refractivity contribution < 1.29 is 13.2 Å². The minimum absolute atomic E-state index is 0.388. The maximum absolute atomic E-state index is 12.4. The van der Waals surface area contributed by atoms with E-state index in [1.165, 1.54) is 38.5 Å². The summed E-state index contributed by atoms with van der Waals surface area (Å²) in [4.78, 5) is 1.54. The summed E-state index contributed by atoms with van der Waals surface area (Å²) in [6, 6.07) is 0. The number of likely N-dealkylation sites (tertiary alicyclic amines) is 1. The second-order valence-corrected chi connectivity index (χ2v) is 7.34. The normalized spacial score (nSPS) is 30.8. The van der Waals surface area contributed by atoms with Gasteiger partial charge in [-0.1, -0.05) is 32.6 Å². The molecule has 1 N–H and O–H groups in total. The molecule has 0 spiro atoms. The fourth-order valence-corrected chi connectivity index (χ4v) is 4.10. The first kappa shape index (κ1) is 18.1. The summed E-state index contributed by atoms with van der Waals surface area (Å²) < 4.78 is 37.1. The summed E-state index contributed by atoms with van der Waals surface area (Å²) in [7, 11) is 0. The van der Waals surface area contributed by atoms with Gasteiger partial charge in [0.2, 0.25) is 0 Å². The summed E-state index contributed by atoms with van der Waals surface area (Å²) in [5.41, 5.74) is 0. The van der Waals surface area contributed by atoms with Gasteiger partial charge in [0.25, 0.3) is 0 Å². The molecule has 2 rings (SSSR count). The Hall–Kier alpha value is -0.290. The quantitative estimate of drug-likeness (QED) is 0.761. The van der Waals surface area contributed by atoms with Crippen molar-refractivity contribution in [2.75, 3.05) is 32.7 Å². The van der Waals surface area contributed by atoms with Crippen LogP contribution >= 0.6 is 0 Å². The number of nitrogens with zero attached hydrogens (tertiary/aromatic N) is 1. The molecule has 0 bridgehead atoms. The van der Waals surface area contributed by atoms with E-state index in [4.69, 9.17) is 0 Å². The van der Waals surface area contributed by atoms with Crippen LogP contribution in [0.15, 0.2) is 0 Å². The van der Waals surface area contributed by atoms with Crippen molar-refractivity contribution in [3.05, 3.63) is 0 Å². The smallest absolute Gasteiger partial charge is 0.316 e. The SMILES string of the molecule is CCCC1CCC(CNC[C@@H]2CCN(CC(F)(F)F)C2)CC1. The maximum Gasteiger partial charge on any atom is 0.401 e. The van der Waals surface area contributed by atoms with Crippen LogP contribution in [0.2, 0.25) is 0 Å². The van der Waals surface area contributed by atoms with Crippen molar-refractivity contribution in [1.82, 2.24) is 10.2 Å². The van der Waals surface area contributed by atoms with Gasteiger partial charge in [-0.05, 0) is 56.7 Å².